The number of amides is 2. The number of aromatic amines is 1. The fourth-order valence-corrected chi connectivity index (χ4v) is 6.01. The molecule has 0 unspecified atom stereocenters. The largest absolute Gasteiger partial charge is 0.357 e. The summed E-state index contributed by atoms with van der Waals surface area (Å²) in [7, 11) is 0. The summed E-state index contributed by atoms with van der Waals surface area (Å²) in [6.07, 6.45) is 4.87. The zero-order valence-electron chi connectivity index (χ0n) is 18.3. The number of carbonyl (C=O) groups excluding carboxylic acids is 2. The molecular formula is C27H29N3O2. The predicted molar refractivity (Wildman–Crippen MR) is 124 cm³/mol. The standard InChI is InChI=1S/C27H29N3O2/c31-26(29-14-13-23-22-7-3-4-8-24(22)28-25(23)17-29)19-11-9-18(10-12-19)15-30-16-20-5-1-2-6-21(20)27(30)32/h1-8,18-19,28H,9-17H2. The van der Waals surface area contributed by atoms with Crippen LogP contribution in [0.4, 0.5) is 0 Å². The summed E-state index contributed by atoms with van der Waals surface area (Å²) >= 11 is 0. The van der Waals surface area contributed by atoms with Gasteiger partial charge in [-0.05, 0) is 61.3 Å². The quantitative estimate of drug-likeness (QED) is 0.668. The van der Waals surface area contributed by atoms with Crippen molar-refractivity contribution >= 4 is 22.7 Å². The van der Waals surface area contributed by atoms with E-state index in [0.29, 0.717) is 18.4 Å². The van der Waals surface area contributed by atoms with Crippen LogP contribution < -0.4 is 0 Å². The lowest BCUT2D eigenvalue weighted by Crippen LogP contribution is -2.41. The molecule has 0 radical (unpaired) electrons. The molecule has 1 aliphatic carbocycles. The molecule has 1 aromatic heterocycles. The number of nitrogens with one attached hydrogen (secondary N) is 1. The molecule has 1 N–H and O–H groups in total. The first-order chi connectivity index (χ1) is 15.7. The normalized spacial score (nSPS) is 22.8. The molecule has 5 nitrogen and oxygen atoms in total. The molecular weight excluding hydrogens is 398 g/mol. The summed E-state index contributed by atoms with van der Waals surface area (Å²) in [4.78, 5) is 33.5. The highest BCUT2D eigenvalue weighted by atomic mass is 16.2. The topological polar surface area (TPSA) is 56.4 Å². The monoisotopic (exact) mass is 427 g/mol. The number of rotatable bonds is 3. The summed E-state index contributed by atoms with van der Waals surface area (Å²) in [5.41, 5.74) is 5.75. The minimum Gasteiger partial charge on any atom is -0.357 e. The van der Waals surface area contributed by atoms with Gasteiger partial charge in [0.15, 0.2) is 0 Å². The molecule has 0 bridgehead atoms. The van der Waals surface area contributed by atoms with Crippen LogP contribution >= 0.6 is 0 Å². The fraction of sp³-hybridized carbons (Fsp3) is 0.407. The summed E-state index contributed by atoms with van der Waals surface area (Å²) in [6.45, 7) is 3.06. The van der Waals surface area contributed by atoms with Gasteiger partial charge in [0.05, 0.1) is 6.54 Å². The maximum absolute atomic E-state index is 13.3. The SMILES string of the molecule is O=C1c2ccccc2CN1CC1CCC(C(=O)N2CCc3c([nH]c4ccccc34)C2)CC1. The molecule has 1 saturated carbocycles. The molecule has 5 heteroatoms. The van der Waals surface area contributed by atoms with Crippen molar-refractivity contribution in [1.82, 2.24) is 14.8 Å². The van der Waals surface area contributed by atoms with Gasteiger partial charge in [0.1, 0.15) is 0 Å². The van der Waals surface area contributed by atoms with Crippen LogP contribution in [0.5, 0.6) is 0 Å². The molecule has 6 rings (SSSR count). The molecule has 3 heterocycles. The molecule has 0 atom stereocenters. The van der Waals surface area contributed by atoms with Crippen molar-refractivity contribution in [3.05, 3.63) is 70.9 Å². The van der Waals surface area contributed by atoms with Crippen molar-refractivity contribution < 1.29 is 9.59 Å². The lowest BCUT2D eigenvalue weighted by molar-refractivity contribution is -0.137. The van der Waals surface area contributed by atoms with E-state index in [4.69, 9.17) is 0 Å². The second kappa shape index (κ2) is 7.80. The average Bonchev–Trinajstić information content (AvgIpc) is 3.36. The van der Waals surface area contributed by atoms with E-state index in [-0.39, 0.29) is 11.8 Å². The number of para-hydroxylation sites is 1. The first kappa shape index (κ1) is 19.6. The van der Waals surface area contributed by atoms with Crippen molar-refractivity contribution in [3.63, 3.8) is 0 Å². The van der Waals surface area contributed by atoms with Gasteiger partial charge in [0.2, 0.25) is 5.91 Å². The highest BCUT2D eigenvalue weighted by Gasteiger charge is 2.34. The number of aromatic nitrogens is 1. The van der Waals surface area contributed by atoms with Crippen LogP contribution in [0.1, 0.15) is 52.9 Å². The van der Waals surface area contributed by atoms with E-state index >= 15 is 0 Å². The van der Waals surface area contributed by atoms with Gasteiger partial charge in [-0.15, -0.1) is 0 Å². The van der Waals surface area contributed by atoms with Crippen molar-refractivity contribution in [1.29, 1.82) is 0 Å². The van der Waals surface area contributed by atoms with Gasteiger partial charge in [-0.1, -0.05) is 36.4 Å². The Balaban J connectivity index is 1.05. The Morgan fingerprint density at radius 2 is 1.75 bits per heavy atom. The maximum Gasteiger partial charge on any atom is 0.254 e. The van der Waals surface area contributed by atoms with E-state index in [1.54, 1.807) is 0 Å². The van der Waals surface area contributed by atoms with Gasteiger partial charge in [-0.25, -0.2) is 0 Å². The highest BCUT2D eigenvalue weighted by molar-refractivity contribution is 5.98. The second-order valence-corrected chi connectivity index (χ2v) is 9.70. The van der Waals surface area contributed by atoms with E-state index in [1.807, 2.05) is 23.1 Å². The first-order valence-corrected chi connectivity index (χ1v) is 11.9. The van der Waals surface area contributed by atoms with Gasteiger partial charge >= 0.3 is 0 Å². The first-order valence-electron chi connectivity index (χ1n) is 11.9. The molecule has 2 aromatic carbocycles. The van der Waals surface area contributed by atoms with Crippen LogP contribution in [-0.4, -0.2) is 39.7 Å². The molecule has 2 amide bonds. The Kier molecular flexibility index (Phi) is 4.78. The van der Waals surface area contributed by atoms with E-state index in [0.717, 1.165) is 62.9 Å². The van der Waals surface area contributed by atoms with Crippen molar-refractivity contribution in [2.24, 2.45) is 11.8 Å². The van der Waals surface area contributed by atoms with Crippen LogP contribution in [0.2, 0.25) is 0 Å². The second-order valence-electron chi connectivity index (χ2n) is 9.70. The van der Waals surface area contributed by atoms with Crippen LogP contribution in [-0.2, 0) is 24.3 Å². The molecule has 1 fully saturated rings. The number of fused-ring (bicyclic) bond motifs is 4. The molecule has 0 saturated heterocycles. The summed E-state index contributed by atoms with van der Waals surface area (Å²) in [6, 6.07) is 16.4. The molecule has 0 spiro atoms. The van der Waals surface area contributed by atoms with Crippen LogP contribution in [0.25, 0.3) is 10.9 Å². The van der Waals surface area contributed by atoms with Crippen LogP contribution in [0, 0.1) is 11.8 Å². The van der Waals surface area contributed by atoms with Crippen molar-refractivity contribution in [2.75, 3.05) is 13.1 Å². The number of carbonyl (C=O) groups is 2. The predicted octanol–water partition coefficient (Wildman–Crippen LogP) is 4.52. The van der Waals surface area contributed by atoms with Gasteiger partial charge in [-0.2, -0.15) is 0 Å². The molecule has 3 aromatic rings. The summed E-state index contributed by atoms with van der Waals surface area (Å²) in [5, 5.41) is 1.30. The van der Waals surface area contributed by atoms with E-state index in [1.165, 1.54) is 22.2 Å². The van der Waals surface area contributed by atoms with Gasteiger partial charge in [-0.3, -0.25) is 9.59 Å². The van der Waals surface area contributed by atoms with E-state index < -0.39 is 0 Å². The zero-order chi connectivity index (χ0) is 21.7. The zero-order valence-corrected chi connectivity index (χ0v) is 18.3. The third-order valence-electron chi connectivity index (χ3n) is 7.77. The Bertz CT molecular complexity index is 1190. The van der Waals surface area contributed by atoms with Crippen LogP contribution in [0.3, 0.4) is 0 Å². The Labute approximate surface area is 188 Å². The number of hydrogen-bond acceptors (Lipinski definition) is 2. The summed E-state index contributed by atoms with van der Waals surface area (Å²) in [5.74, 6) is 1.11. The number of nitrogens with zero attached hydrogens (tertiary/aromatic N) is 2. The molecule has 2 aliphatic heterocycles. The average molecular weight is 428 g/mol. The third-order valence-corrected chi connectivity index (χ3v) is 7.77. The Morgan fingerprint density at radius 3 is 2.59 bits per heavy atom. The maximum atomic E-state index is 13.3. The third kappa shape index (κ3) is 3.31. The lowest BCUT2D eigenvalue weighted by Gasteiger charge is -2.35. The molecule has 32 heavy (non-hydrogen) atoms. The van der Waals surface area contributed by atoms with Crippen molar-refractivity contribution in [3.8, 4) is 0 Å². The number of hydrogen-bond donors (Lipinski definition) is 1. The minimum absolute atomic E-state index is 0.128. The van der Waals surface area contributed by atoms with Crippen molar-refractivity contribution in [2.45, 2.75) is 45.2 Å². The van der Waals surface area contributed by atoms with Crippen LogP contribution in [0.15, 0.2) is 48.5 Å². The number of H-pyrrole nitrogens is 1. The van der Waals surface area contributed by atoms with E-state index in [9.17, 15) is 9.59 Å². The molecule has 3 aliphatic rings. The lowest BCUT2D eigenvalue weighted by atomic mass is 9.81. The Hall–Kier alpha value is -3.08. The van der Waals surface area contributed by atoms with Gasteiger partial charge in [0, 0.05) is 47.7 Å². The number of benzene rings is 2. The fourth-order valence-electron chi connectivity index (χ4n) is 6.01. The minimum atomic E-state index is 0.128. The van der Waals surface area contributed by atoms with E-state index in [2.05, 4.69) is 40.2 Å². The van der Waals surface area contributed by atoms with Gasteiger partial charge < -0.3 is 14.8 Å². The smallest absolute Gasteiger partial charge is 0.254 e. The van der Waals surface area contributed by atoms with Gasteiger partial charge in [0.25, 0.3) is 5.91 Å². The summed E-state index contributed by atoms with van der Waals surface area (Å²) < 4.78 is 0. The highest BCUT2D eigenvalue weighted by Crippen LogP contribution is 2.34. The molecule has 164 valence electrons. The Morgan fingerprint density at radius 1 is 0.969 bits per heavy atom.